The van der Waals surface area contributed by atoms with Gasteiger partial charge in [-0.25, -0.2) is 0 Å². The summed E-state index contributed by atoms with van der Waals surface area (Å²) in [6.07, 6.45) is 0. The molecule has 0 aliphatic carbocycles. The van der Waals surface area contributed by atoms with Gasteiger partial charge in [0.2, 0.25) is 0 Å². The Morgan fingerprint density at radius 2 is 1.25 bits per heavy atom. The molecular weight excluding hydrogens is 102 g/mol. The van der Waals surface area contributed by atoms with Gasteiger partial charge in [0.1, 0.15) is 0 Å². The van der Waals surface area contributed by atoms with Crippen LogP contribution in [0.1, 0.15) is 0 Å². The first kappa shape index (κ1) is 20.0. The smallest absolute Gasteiger partial charge is 0 e. The van der Waals surface area contributed by atoms with E-state index >= 15 is 0 Å². The summed E-state index contributed by atoms with van der Waals surface area (Å²) in [4.78, 5) is 7.50. The molecule has 0 aromatic carbocycles. The average Bonchev–Trinajstić information content (AvgIpc) is 1.00. The summed E-state index contributed by atoms with van der Waals surface area (Å²) in [6, 6.07) is 0. The molecule has 0 atom stereocenters. The molecule has 2 nitrogen and oxygen atoms in total. The van der Waals surface area contributed by atoms with E-state index < -0.39 is 0 Å². The predicted molar refractivity (Wildman–Crippen MR) is 11.8 cm³/mol. The van der Waals surface area contributed by atoms with E-state index in [0.29, 0.717) is 0 Å². The van der Waals surface area contributed by atoms with Gasteiger partial charge in [-0.2, -0.15) is 4.91 Å². The van der Waals surface area contributed by atoms with Crippen molar-refractivity contribution in [2.45, 2.75) is 0 Å². The summed E-state index contributed by atoms with van der Waals surface area (Å²) >= 11 is 0. The third-order valence-corrected chi connectivity index (χ3v) is 0. The quantitative estimate of drug-likeness (QED) is 0.338. The first-order valence-electron chi connectivity index (χ1n) is 0.204. The van der Waals surface area contributed by atoms with Crippen molar-refractivity contribution in [2.24, 2.45) is 0 Å². The second-order valence-electron chi connectivity index (χ2n) is 0. The van der Waals surface area contributed by atoms with Gasteiger partial charge in [0.05, 0.1) is 0 Å². The number of nitroso groups, excluding NO2 is 1. The molecule has 0 saturated carbocycles. The maximum absolute atomic E-state index is 7.50. The Bertz CT molecular complexity index is 8.00. The van der Waals surface area contributed by atoms with Crippen LogP contribution < -0.4 is 0 Å². The Morgan fingerprint density at radius 1 is 1.25 bits per heavy atom. The molecule has 18 valence electrons. The molecule has 0 saturated heterocycles. The van der Waals surface area contributed by atoms with Crippen molar-refractivity contribution in [2.75, 3.05) is 0 Å². The van der Waals surface area contributed by atoms with Gasteiger partial charge >= 0.3 is 0 Å². The SMILES string of the molecule is N=O.[Al].[Sc]. The van der Waals surface area contributed by atoms with Crippen molar-refractivity contribution in [1.29, 1.82) is 5.59 Å². The largest absolute Gasteiger partial charge is 0.154 e. The third kappa shape index (κ3) is 12.0. The zero-order valence-electron chi connectivity index (χ0n) is 2.06. The topological polar surface area (TPSA) is 40.9 Å². The van der Waals surface area contributed by atoms with Crippen LogP contribution >= 0.6 is 0 Å². The number of hydrogen-bond acceptors (Lipinski definition) is 2. The van der Waals surface area contributed by atoms with Crippen LogP contribution in [0, 0.1) is 10.5 Å². The van der Waals surface area contributed by atoms with Crippen LogP contribution in [0.5, 0.6) is 0 Å². The summed E-state index contributed by atoms with van der Waals surface area (Å²) in [6.45, 7) is 0. The van der Waals surface area contributed by atoms with Gasteiger partial charge in [0.25, 0.3) is 0 Å². The second kappa shape index (κ2) is 35.9. The maximum Gasteiger partial charge on any atom is 0 e. The predicted octanol–water partition coefficient (Wildman–Crippen LogP) is -0.0517. The van der Waals surface area contributed by atoms with Crippen LogP contribution in [0.15, 0.2) is 0 Å². The van der Waals surface area contributed by atoms with Gasteiger partial charge in [-0.05, 0) is 0 Å². The van der Waals surface area contributed by atoms with Crippen LogP contribution in [0.4, 0.5) is 0 Å². The molecule has 1 N–H and O–H groups in total. The number of rotatable bonds is 0. The minimum atomic E-state index is 0. The summed E-state index contributed by atoms with van der Waals surface area (Å²) < 4.78 is 0. The Morgan fingerprint density at radius 3 is 1.25 bits per heavy atom. The molecule has 0 amide bonds. The minimum absolute atomic E-state index is 0. The fourth-order valence-electron chi connectivity index (χ4n) is 0. The first-order chi connectivity index (χ1) is 1.00. The molecule has 0 heterocycles. The van der Waals surface area contributed by atoms with Crippen LogP contribution in [-0.2, 0) is 25.8 Å². The van der Waals surface area contributed by atoms with Crippen LogP contribution in [0.2, 0.25) is 0 Å². The van der Waals surface area contributed by atoms with Crippen molar-refractivity contribution in [3.05, 3.63) is 4.91 Å². The molecule has 4 heteroatoms. The van der Waals surface area contributed by atoms with Crippen LogP contribution in [0.25, 0.3) is 0 Å². The molecule has 0 aliphatic heterocycles. The Hall–Kier alpha value is 1.00. The van der Waals surface area contributed by atoms with Gasteiger partial charge in [-0.15, -0.1) is 0 Å². The van der Waals surface area contributed by atoms with E-state index in [1.54, 1.807) is 0 Å². The van der Waals surface area contributed by atoms with Crippen LogP contribution in [-0.4, -0.2) is 17.4 Å². The van der Waals surface area contributed by atoms with Crippen molar-refractivity contribution in [3.63, 3.8) is 0 Å². The van der Waals surface area contributed by atoms with Gasteiger partial charge in [-0.1, -0.05) is 5.59 Å². The van der Waals surface area contributed by atoms with Gasteiger partial charge in [0.15, 0.2) is 0 Å². The fourth-order valence-corrected chi connectivity index (χ4v) is 0. The zero-order valence-corrected chi connectivity index (χ0v) is 5.02. The normalized spacial score (nSPS) is 1.00. The van der Waals surface area contributed by atoms with Crippen LogP contribution in [0.3, 0.4) is 0 Å². The standard InChI is InChI=1S/Al.HNO.Sc/c;1-2;/h;1H;. The van der Waals surface area contributed by atoms with Crippen molar-refractivity contribution >= 4 is 17.4 Å². The molecule has 0 spiro atoms. The van der Waals surface area contributed by atoms with Crippen molar-refractivity contribution in [3.8, 4) is 0 Å². The second-order valence-corrected chi connectivity index (χ2v) is 0. The van der Waals surface area contributed by atoms with E-state index in [4.69, 9.17) is 4.91 Å². The summed E-state index contributed by atoms with van der Waals surface area (Å²) in [7, 11) is 0. The minimum Gasteiger partial charge on any atom is -0.154 e. The molecule has 4 heavy (non-hydrogen) atoms. The maximum atomic E-state index is 7.50. The van der Waals surface area contributed by atoms with E-state index in [9.17, 15) is 0 Å². The molecule has 0 aliphatic rings. The van der Waals surface area contributed by atoms with Gasteiger partial charge in [-0.3, -0.25) is 0 Å². The summed E-state index contributed by atoms with van der Waals surface area (Å²) in [5.74, 6) is 0. The molecule has 0 aromatic heterocycles. The zero-order chi connectivity index (χ0) is 2.00. The monoisotopic (exact) mass is 103 g/mol. The molecular formula is HAlNOSc. The fraction of sp³-hybridized carbons (Fsp3) is 0. The average molecular weight is 103 g/mol. The Balaban J connectivity index is -0.00000000500. The summed E-state index contributed by atoms with van der Waals surface area (Å²) in [5, 5.41) is 0. The van der Waals surface area contributed by atoms with Crippen molar-refractivity contribution in [1.82, 2.24) is 0 Å². The van der Waals surface area contributed by atoms with Crippen molar-refractivity contribution < 1.29 is 25.8 Å². The molecule has 0 unspecified atom stereocenters. The third-order valence-electron chi connectivity index (χ3n) is 0. The van der Waals surface area contributed by atoms with E-state index in [-0.39, 0.29) is 43.2 Å². The Kier molecular flexibility index (Phi) is 179. The van der Waals surface area contributed by atoms with E-state index in [0.717, 1.165) is 0 Å². The molecule has 0 bridgehead atoms. The molecule has 0 aromatic rings. The van der Waals surface area contributed by atoms with Gasteiger partial charge in [0, 0.05) is 43.2 Å². The first-order valence-corrected chi connectivity index (χ1v) is 0.204. The number of nitrogens with one attached hydrogen (secondary N) is 1. The van der Waals surface area contributed by atoms with E-state index in [2.05, 4.69) is 5.59 Å². The molecule has 4 radical (unpaired) electrons. The van der Waals surface area contributed by atoms with E-state index in [1.165, 1.54) is 0 Å². The molecule has 0 rings (SSSR count). The molecule has 0 fully saturated rings. The summed E-state index contributed by atoms with van der Waals surface area (Å²) in [5.41, 5.74) is 4.50. The Labute approximate surface area is 53.6 Å². The van der Waals surface area contributed by atoms with Gasteiger partial charge < -0.3 is 0 Å². The van der Waals surface area contributed by atoms with E-state index in [1.807, 2.05) is 0 Å². The number of hydrogen-bond donors (Lipinski definition) is 1.